The number of ether oxygens (including phenoxy) is 1. The van der Waals surface area contributed by atoms with E-state index in [1.807, 2.05) is 17.0 Å². The summed E-state index contributed by atoms with van der Waals surface area (Å²) in [4.78, 5) is 33.1. The molecule has 4 aliphatic rings. The minimum absolute atomic E-state index is 0.0377. The van der Waals surface area contributed by atoms with E-state index in [1.54, 1.807) is 0 Å². The normalized spacial score (nSPS) is 29.6. The van der Waals surface area contributed by atoms with Crippen LogP contribution in [0.3, 0.4) is 0 Å². The molecule has 2 saturated heterocycles. The van der Waals surface area contributed by atoms with Crippen LogP contribution in [0.5, 0.6) is 0 Å². The van der Waals surface area contributed by atoms with Crippen molar-refractivity contribution in [3.63, 3.8) is 0 Å². The van der Waals surface area contributed by atoms with E-state index in [1.165, 1.54) is 44.2 Å². The average Bonchev–Trinajstić information content (AvgIpc) is 3.47. The van der Waals surface area contributed by atoms with Gasteiger partial charge in [-0.15, -0.1) is 0 Å². The highest BCUT2D eigenvalue weighted by atomic mass is 19.1. The lowest BCUT2D eigenvalue weighted by Crippen LogP contribution is -2.55. The van der Waals surface area contributed by atoms with Crippen LogP contribution < -0.4 is 0 Å². The summed E-state index contributed by atoms with van der Waals surface area (Å²) in [6.45, 7) is 6.87. The highest BCUT2D eigenvalue weighted by Crippen LogP contribution is 2.49. The number of hydrogen-bond donors (Lipinski definition) is 0. The van der Waals surface area contributed by atoms with Crippen molar-refractivity contribution in [2.24, 2.45) is 17.3 Å². The number of rotatable bonds is 6. The lowest BCUT2D eigenvalue weighted by atomic mass is 9.63. The first kappa shape index (κ1) is 27.4. The number of amides is 2. The molecule has 0 N–H and O–H groups in total. The smallest absolute Gasteiger partial charge is 0.410 e. The van der Waals surface area contributed by atoms with E-state index in [9.17, 15) is 14.0 Å². The predicted octanol–water partition coefficient (Wildman–Crippen LogP) is 5.67. The van der Waals surface area contributed by atoms with Crippen LogP contribution in [-0.2, 0) is 9.53 Å². The highest BCUT2D eigenvalue weighted by Gasteiger charge is 2.50. The van der Waals surface area contributed by atoms with Gasteiger partial charge in [0.25, 0.3) is 0 Å². The second-order valence-corrected chi connectivity index (χ2v) is 13.3. The van der Waals surface area contributed by atoms with Crippen molar-refractivity contribution in [1.82, 2.24) is 14.7 Å². The molecule has 2 unspecified atom stereocenters. The third kappa shape index (κ3) is 5.32. The second kappa shape index (κ2) is 10.8. The van der Waals surface area contributed by atoms with Crippen LogP contribution in [0.4, 0.5) is 9.18 Å². The monoisotopic (exact) mass is 527 g/mol. The molecule has 2 amide bonds. The zero-order chi connectivity index (χ0) is 27.1. The molecule has 1 aromatic carbocycles. The molecule has 3 atom stereocenters. The molecule has 0 bridgehead atoms. The maximum Gasteiger partial charge on any atom is 0.410 e. The Balaban J connectivity index is 1.33. The molecule has 7 heteroatoms. The quantitative estimate of drug-likeness (QED) is 0.478. The Hall–Kier alpha value is -2.15. The average molecular weight is 528 g/mol. The van der Waals surface area contributed by atoms with Crippen molar-refractivity contribution in [1.29, 1.82) is 0 Å². The van der Waals surface area contributed by atoms with Crippen molar-refractivity contribution in [3.8, 4) is 0 Å². The van der Waals surface area contributed by atoms with Gasteiger partial charge in [-0.3, -0.25) is 9.69 Å². The summed E-state index contributed by atoms with van der Waals surface area (Å²) < 4.78 is 19.1. The van der Waals surface area contributed by atoms with Gasteiger partial charge in [0, 0.05) is 31.6 Å². The van der Waals surface area contributed by atoms with Gasteiger partial charge in [-0.05, 0) is 101 Å². The van der Waals surface area contributed by atoms with Gasteiger partial charge in [0.15, 0.2) is 0 Å². The zero-order valence-electron chi connectivity index (χ0n) is 23.8. The molecule has 4 fully saturated rings. The molecule has 0 aromatic heterocycles. The molecule has 0 spiro atoms. The molecule has 5 rings (SSSR count). The van der Waals surface area contributed by atoms with Crippen LogP contribution >= 0.6 is 0 Å². The first-order valence-electron chi connectivity index (χ1n) is 14.7. The molecule has 0 radical (unpaired) electrons. The Morgan fingerprint density at radius 3 is 2.29 bits per heavy atom. The summed E-state index contributed by atoms with van der Waals surface area (Å²) in [6.07, 6.45) is 9.70. The van der Waals surface area contributed by atoms with E-state index in [-0.39, 0.29) is 40.6 Å². The van der Waals surface area contributed by atoms with Crippen LogP contribution in [0.1, 0.15) is 83.1 Å². The fourth-order valence-corrected chi connectivity index (χ4v) is 7.84. The Morgan fingerprint density at radius 2 is 1.71 bits per heavy atom. The van der Waals surface area contributed by atoms with Crippen molar-refractivity contribution < 1.29 is 18.7 Å². The van der Waals surface area contributed by atoms with Crippen molar-refractivity contribution in [2.75, 3.05) is 40.3 Å². The Bertz CT molecular complexity index is 996. The summed E-state index contributed by atoms with van der Waals surface area (Å²) in [5.74, 6) is 0.637. The SMILES string of the molecule is CN(C)C1CC(c2ccc(F)cc2)[C@H](C(=O)N2CCC(CN3C(=O)OCC3(C)C)(C3CCCCC3)CC2)C1. The molecule has 38 heavy (non-hydrogen) atoms. The van der Waals surface area contributed by atoms with Crippen LogP contribution in [0, 0.1) is 23.1 Å². The largest absolute Gasteiger partial charge is 0.447 e. The molecule has 2 aliphatic carbocycles. The molecule has 2 saturated carbocycles. The minimum Gasteiger partial charge on any atom is -0.447 e. The maximum absolute atomic E-state index is 14.1. The van der Waals surface area contributed by atoms with E-state index < -0.39 is 0 Å². The predicted molar refractivity (Wildman–Crippen MR) is 146 cm³/mol. The fourth-order valence-electron chi connectivity index (χ4n) is 7.84. The number of halogens is 1. The van der Waals surface area contributed by atoms with Crippen molar-refractivity contribution >= 4 is 12.0 Å². The molecule has 6 nitrogen and oxygen atoms in total. The van der Waals surface area contributed by atoms with Crippen molar-refractivity contribution in [2.45, 2.75) is 89.1 Å². The maximum atomic E-state index is 14.1. The van der Waals surface area contributed by atoms with Crippen LogP contribution in [0.25, 0.3) is 0 Å². The highest BCUT2D eigenvalue weighted by molar-refractivity contribution is 5.80. The van der Waals surface area contributed by atoms with Crippen LogP contribution in [0.2, 0.25) is 0 Å². The summed E-state index contributed by atoms with van der Waals surface area (Å²) in [7, 11) is 4.17. The van der Waals surface area contributed by atoms with E-state index >= 15 is 0 Å². The molecule has 1 aromatic rings. The van der Waals surface area contributed by atoms with E-state index in [4.69, 9.17) is 4.74 Å². The molecule has 210 valence electrons. The van der Waals surface area contributed by atoms with Gasteiger partial charge in [-0.1, -0.05) is 31.4 Å². The standard InChI is InChI=1S/C31H46FN3O3/c1-30(2)21-38-29(37)35(30)20-31(23-8-6-5-7-9-23)14-16-34(17-15-31)28(36)27-19-25(33(3)4)18-26(27)22-10-12-24(32)13-11-22/h10-13,23,25-27H,5-9,14-21H2,1-4H3/t25?,26?,27-/m1/s1. The molecule has 2 heterocycles. The number of benzene rings is 1. The lowest BCUT2D eigenvalue weighted by molar-refractivity contribution is -0.139. The Kier molecular flexibility index (Phi) is 7.78. The van der Waals surface area contributed by atoms with Gasteiger partial charge in [0.05, 0.1) is 5.54 Å². The summed E-state index contributed by atoms with van der Waals surface area (Å²) >= 11 is 0. The number of likely N-dealkylation sites (tertiary alicyclic amines) is 1. The lowest BCUT2D eigenvalue weighted by Gasteiger charge is -2.51. The number of carbonyl (C=O) groups excluding carboxylic acids is 2. The first-order chi connectivity index (χ1) is 18.1. The third-order valence-electron chi connectivity index (χ3n) is 10.4. The van der Waals surface area contributed by atoms with Gasteiger partial charge < -0.3 is 14.5 Å². The van der Waals surface area contributed by atoms with Gasteiger partial charge in [-0.25, -0.2) is 9.18 Å². The van der Waals surface area contributed by atoms with Crippen LogP contribution in [-0.4, -0.2) is 78.6 Å². The van der Waals surface area contributed by atoms with Crippen LogP contribution in [0.15, 0.2) is 24.3 Å². The van der Waals surface area contributed by atoms with Gasteiger partial charge in [0.1, 0.15) is 12.4 Å². The first-order valence-corrected chi connectivity index (χ1v) is 14.7. The minimum atomic E-state index is -0.293. The summed E-state index contributed by atoms with van der Waals surface area (Å²) in [5, 5.41) is 0. The number of hydrogen-bond acceptors (Lipinski definition) is 4. The topological polar surface area (TPSA) is 53.1 Å². The number of piperidine rings is 1. The third-order valence-corrected chi connectivity index (χ3v) is 10.4. The number of cyclic esters (lactones) is 1. The molecular weight excluding hydrogens is 481 g/mol. The fraction of sp³-hybridized carbons (Fsp3) is 0.742. The second-order valence-electron chi connectivity index (χ2n) is 13.3. The zero-order valence-corrected chi connectivity index (χ0v) is 23.8. The van der Waals surface area contributed by atoms with E-state index in [2.05, 4.69) is 37.7 Å². The Labute approximate surface area is 227 Å². The Morgan fingerprint density at radius 1 is 1.05 bits per heavy atom. The van der Waals surface area contributed by atoms with E-state index in [0.717, 1.165) is 50.9 Å². The number of carbonyl (C=O) groups is 2. The van der Waals surface area contributed by atoms with E-state index in [0.29, 0.717) is 18.6 Å². The molecule has 2 aliphatic heterocycles. The van der Waals surface area contributed by atoms with Gasteiger partial charge >= 0.3 is 6.09 Å². The number of nitrogens with zero attached hydrogens (tertiary/aromatic N) is 3. The van der Waals surface area contributed by atoms with Crippen molar-refractivity contribution in [3.05, 3.63) is 35.6 Å². The summed E-state index contributed by atoms with van der Waals surface area (Å²) in [5.41, 5.74) is 0.812. The van der Waals surface area contributed by atoms with Gasteiger partial charge in [0.2, 0.25) is 5.91 Å². The van der Waals surface area contributed by atoms with Gasteiger partial charge in [-0.2, -0.15) is 0 Å². The molecular formula is C31H46FN3O3. The summed E-state index contributed by atoms with van der Waals surface area (Å²) in [6, 6.07) is 7.10.